The highest BCUT2D eigenvalue weighted by Crippen LogP contribution is 2.32. The number of hydrogen-bond donors (Lipinski definition) is 13. The molecule has 17 nitrogen and oxygen atoms in total. The van der Waals surface area contributed by atoms with Gasteiger partial charge in [-0.1, -0.05) is 6.92 Å². The lowest BCUT2D eigenvalue weighted by Crippen LogP contribution is -2.69. The van der Waals surface area contributed by atoms with Crippen molar-refractivity contribution in [1.29, 1.82) is 0 Å². The van der Waals surface area contributed by atoms with Gasteiger partial charge < -0.3 is 87.6 Å². The smallest absolute Gasteiger partial charge is 0.187 e. The second kappa shape index (κ2) is 15.9. The molecule has 0 aromatic rings. The zero-order valence-electron chi connectivity index (χ0n) is 25.0. The molecule has 0 aromatic heterocycles. The Kier molecular flexibility index (Phi) is 13.1. The molecule has 0 bridgehead atoms. The van der Waals surface area contributed by atoms with Crippen LogP contribution in [0.25, 0.3) is 0 Å². The molecule has 16 N–H and O–H groups in total. The van der Waals surface area contributed by atoms with Gasteiger partial charge in [0.25, 0.3) is 0 Å². The molecule has 0 amide bonds. The predicted molar refractivity (Wildman–Crippen MR) is 152 cm³/mol. The highest BCUT2D eigenvalue weighted by atomic mass is 16.7. The van der Waals surface area contributed by atoms with Gasteiger partial charge in [0.15, 0.2) is 12.6 Å². The van der Waals surface area contributed by atoms with Gasteiger partial charge in [0.2, 0.25) is 0 Å². The Morgan fingerprint density at radius 3 is 2.00 bits per heavy atom. The largest absolute Gasteiger partial charge is 0.395 e. The Morgan fingerprint density at radius 1 is 0.750 bits per heavy atom. The molecule has 4 rings (SSSR count). The minimum atomic E-state index is -1.67. The van der Waals surface area contributed by atoms with Gasteiger partial charge >= 0.3 is 0 Å². The highest BCUT2D eigenvalue weighted by molar-refractivity contribution is 5.03. The molecule has 0 spiro atoms. The van der Waals surface area contributed by atoms with Gasteiger partial charge in [0, 0.05) is 30.7 Å². The van der Waals surface area contributed by atoms with Crippen LogP contribution in [0.15, 0.2) is 0 Å². The van der Waals surface area contributed by atoms with Gasteiger partial charge in [-0.3, -0.25) is 0 Å². The average Bonchev–Trinajstić information content (AvgIpc) is 2.99. The highest BCUT2D eigenvalue weighted by Gasteiger charge is 2.52. The van der Waals surface area contributed by atoms with Gasteiger partial charge in [-0.2, -0.15) is 0 Å². The van der Waals surface area contributed by atoms with Crippen molar-refractivity contribution < 1.29 is 59.8 Å². The van der Waals surface area contributed by atoms with E-state index in [0.717, 1.165) is 12.8 Å². The molecular formula is C27H53N5O12. The van der Waals surface area contributed by atoms with Crippen molar-refractivity contribution in [3.63, 3.8) is 0 Å². The van der Waals surface area contributed by atoms with Crippen LogP contribution in [0.5, 0.6) is 0 Å². The first-order chi connectivity index (χ1) is 20.9. The van der Waals surface area contributed by atoms with Crippen LogP contribution >= 0.6 is 0 Å². The summed E-state index contributed by atoms with van der Waals surface area (Å²) in [6.07, 6.45) is -14.2. The fourth-order valence-electron chi connectivity index (χ4n) is 6.48. The normalized spacial score (nSPS) is 49.0. The maximum absolute atomic E-state index is 11.6. The summed E-state index contributed by atoms with van der Waals surface area (Å²) in [4.78, 5) is 0. The maximum Gasteiger partial charge on any atom is 0.187 e. The molecular weight excluding hydrogens is 586 g/mol. The minimum absolute atomic E-state index is 0.131. The van der Waals surface area contributed by atoms with Gasteiger partial charge in [0.05, 0.1) is 19.3 Å². The van der Waals surface area contributed by atoms with Crippen molar-refractivity contribution in [3.8, 4) is 0 Å². The minimum Gasteiger partial charge on any atom is -0.395 e. The maximum atomic E-state index is 11.6. The standard InChI is InChI=1S/C27H53N5O12/c1-2-12(8-33)32-14-5-13(29)24(23(40)25(14)44-26-20(37)17(30)18(35)16(9-34)42-26)43-27-22(39)21(38)19(36)15(41-27)7-31-6-10-3-11(28)4-10/h10-27,31-40H,2-9,28-30H2,1H3/t10?,11?,12?,13-,14+,15+,16+,17-,18+,19+,20+,21-,22+,23-,24?,25-,26+,27+/m0/s1. The number of ether oxygens (including phenoxy) is 4. The summed E-state index contributed by atoms with van der Waals surface area (Å²) in [7, 11) is 0. The molecule has 4 aliphatic rings. The molecule has 2 unspecified atom stereocenters. The van der Waals surface area contributed by atoms with Crippen molar-refractivity contribution >= 4 is 0 Å². The third-order valence-corrected chi connectivity index (χ3v) is 9.42. The molecule has 2 heterocycles. The Labute approximate surface area is 256 Å². The number of hydrogen-bond acceptors (Lipinski definition) is 17. The first-order valence-electron chi connectivity index (χ1n) is 15.5. The summed E-state index contributed by atoms with van der Waals surface area (Å²) >= 11 is 0. The third kappa shape index (κ3) is 8.06. The molecule has 4 fully saturated rings. The van der Waals surface area contributed by atoms with Crippen LogP contribution in [0.4, 0.5) is 0 Å². The van der Waals surface area contributed by atoms with Crippen LogP contribution in [0.2, 0.25) is 0 Å². The first-order valence-corrected chi connectivity index (χ1v) is 15.5. The quantitative estimate of drug-likeness (QED) is 0.0891. The Bertz CT molecular complexity index is 873. The lowest BCUT2D eigenvalue weighted by atomic mass is 9.81. The summed E-state index contributed by atoms with van der Waals surface area (Å²) in [5.74, 6) is 0.400. The summed E-state index contributed by atoms with van der Waals surface area (Å²) in [5, 5.41) is 90.2. The zero-order valence-corrected chi connectivity index (χ0v) is 25.0. The van der Waals surface area contributed by atoms with Crippen LogP contribution in [-0.4, -0.2) is 171 Å². The van der Waals surface area contributed by atoms with Gasteiger partial charge in [-0.25, -0.2) is 0 Å². The van der Waals surface area contributed by atoms with E-state index in [1.807, 2.05) is 6.92 Å². The number of aliphatic hydroxyl groups excluding tert-OH is 8. The van der Waals surface area contributed by atoms with Crippen molar-refractivity contribution in [1.82, 2.24) is 10.6 Å². The number of aliphatic hydroxyl groups is 8. The molecule has 17 heteroatoms. The molecule has 2 saturated carbocycles. The molecule has 16 atom stereocenters. The Hall–Kier alpha value is -0.680. The number of rotatable bonds is 13. The molecule has 44 heavy (non-hydrogen) atoms. The summed E-state index contributed by atoms with van der Waals surface area (Å²) in [5.41, 5.74) is 18.2. The zero-order chi connectivity index (χ0) is 32.3. The van der Waals surface area contributed by atoms with E-state index in [2.05, 4.69) is 10.6 Å². The molecule has 2 saturated heterocycles. The lowest BCUT2D eigenvalue weighted by molar-refractivity contribution is -0.333. The van der Waals surface area contributed by atoms with E-state index in [4.69, 9.17) is 36.1 Å². The molecule has 258 valence electrons. The van der Waals surface area contributed by atoms with E-state index in [1.54, 1.807) is 0 Å². The van der Waals surface area contributed by atoms with Crippen molar-refractivity contribution in [2.45, 2.75) is 136 Å². The van der Waals surface area contributed by atoms with E-state index in [1.165, 1.54) is 0 Å². The lowest BCUT2D eigenvalue weighted by Gasteiger charge is -2.49. The second-order valence-electron chi connectivity index (χ2n) is 12.7. The van der Waals surface area contributed by atoms with Crippen molar-refractivity contribution in [2.75, 3.05) is 26.3 Å². The predicted octanol–water partition coefficient (Wildman–Crippen LogP) is -6.52. The fraction of sp³-hybridized carbons (Fsp3) is 1.00. The second-order valence-corrected chi connectivity index (χ2v) is 12.7. The Morgan fingerprint density at radius 2 is 1.39 bits per heavy atom. The average molecular weight is 640 g/mol. The van der Waals surface area contributed by atoms with E-state index in [0.29, 0.717) is 18.9 Å². The van der Waals surface area contributed by atoms with Crippen LogP contribution < -0.4 is 27.8 Å². The summed E-state index contributed by atoms with van der Waals surface area (Å²) in [6, 6.07) is -2.98. The molecule has 2 aliphatic heterocycles. The number of nitrogens with one attached hydrogen (secondary N) is 2. The molecule has 2 aliphatic carbocycles. The van der Waals surface area contributed by atoms with Crippen LogP contribution in [0.1, 0.15) is 32.6 Å². The fourth-order valence-corrected chi connectivity index (χ4v) is 6.48. The number of nitrogens with two attached hydrogens (primary N) is 3. The van der Waals surface area contributed by atoms with E-state index < -0.39 is 104 Å². The first kappa shape index (κ1) is 36.2. The van der Waals surface area contributed by atoms with Gasteiger partial charge in [0.1, 0.15) is 61.0 Å². The van der Waals surface area contributed by atoms with Crippen molar-refractivity contribution in [3.05, 3.63) is 0 Å². The van der Waals surface area contributed by atoms with Crippen LogP contribution in [0, 0.1) is 5.92 Å². The summed E-state index contributed by atoms with van der Waals surface area (Å²) < 4.78 is 23.5. The van der Waals surface area contributed by atoms with E-state index >= 15 is 0 Å². The monoisotopic (exact) mass is 639 g/mol. The third-order valence-electron chi connectivity index (χ3n) is 9.42. The molecule has 0 aromatic carbocycles. The van der Waals surface area contributed by atoms with Gasteiger partial charge in [-0.05, 0) is 38.1 Å². The SMILES string of the molecule is CCC(CO)N[C@@H]1C[C@H](N)C(O[C@H]2O[C@H](CNCC3CC(N)C3)[C@@H](O)[C@H](O)[C@H]2O)[C@H](O)[C@H]1O[C@H]1O[C@H](CO)[C@@H](O)[C@H](N)[C@H]1O. The Balaban J connectivity index is 1.48. The summed E-state index contributed by atoms with van der Waals surface area (Å²) in [6.45, 7) is 1.82. The van der Waals surface area contributed by atoms with Crippen LogP contribution in [-0.2, 0) is 18.9 Å². The van der Waals surface area contributed by atoms with Gasteiger partial charge in [-0.15, -0.1) is 0 Å². The molecule has 0 radical (unpaired) electrons. The van der Waals surface area contributed by atoms with E-state index in [9.17, 15) is 40.9 Å². The topological polar surface area (TPSA) is 301 Å². The van der Waals surface area contributed by atoms with Crippen LogP contribution in [0.3, 0.4) is 0 Å². The van der Waals surface area contributed by atoms with E-state index in [-0.39, 0.29) is 25.6 Å². The van der Waals surface area contributed by atoms with Crippen molar-refractivity contribution in [2.24, 2.45) is 23.1 Å².